The average molecular weight is 192 g/mol. The molecule has 0 atom stereocenters. The van der Waals surface area contributed by atoms with Crippen molar-refractivity contribution in [1.82, 2.24) is 0 Å². The highest BCUT2D eigenvalue weighted by molar-refractivity contribution is 5.99. The summed E-state index contributed by atoms with van der Waals surface area (Å²) in [6, 6.07) is 0. The molecule has 0 aromatic carbocycles. The monoisotopic (exact) mass is 192 g/mol. The predicted octanol–water partition coefficient (Wildman–Crippen LogP) is 3.10. The highest BCUT2D eigenvalue weighted by atomic mass is 16.3. The Morgan fingerprint density at radius 3 is 2.64 bits per heavy atom. The maximum atomic E-state index is 11.8. The molecule has 1 heterocycles. The largest absolute Gasteiger partial charge is 0.468 e. The van der Waals surface area contributed by atoms with Crippen molar-refractivity contribution in [2.24, 2.45) is 0 Å². The van der Waals surface area contributed by atoms with Crippen LogP contribution in [0.25, 0.3) is 0 Å². The van der Waals surface area contributed by atoms with Gasteiger partial charge in [-0.3, -0.25) is 4.79 Å². The highest BCUT2D eigenvalue weighted by Crippen LogP contribution is 2.33. The van der Waals surface area contributed by atoms with Crippen LogP contribution < -0.4 is 0 Å². The summed E-state index contributed by atoms with van der Waals surface area (Å²) in [5, 5.41) is 0. The smallest absolute Gasteiger partial charge is 0.166 e. The lowest BCUT2D eigenvalue weighted by atomic mass is 9.82. The van der Waals surface area contributed by atoms with Crippen LogP contribution in [0.15, 0.2) is 10.7 Å². The average Bonchev–Trinajstić information content (AvgIpc) is 2.47. The van der Waals surface area contributed by atoms with Crippen molar-refractivity contribution in [2.75, 3.05) is 0 Å². The van der Waals surface area contributed by atoms with Gasteiger partial charge in [0.25, 0.3) is 0 Å². The van der Waals surface area contributed by atoms with Crippen LogP contribution in [-0.2, 0) is 11.8 Å². The molecule has 0 aliphatic heterocycles. The topological polar surface area (TPSA) is 30.2 Å². The number of rotatable bonds is 0. The van der Waals surface area contributed by atoms with Gasteiger partial charge >= 0.3 is 0 Å². The summed E-state index contributed by atoms with van der Waals surface area (Å²) in [5.41, 5.74) is 1.94. The van der Waals surface area contributed by atoms with Gasteiger partial charge in [-0.15, -0.1) is 0 Å². The van der Waals surface area contributed by atoms with E-state index < -0.39 is 0 Å². The number of fused-ring (bicyclic) bond motifs is 1. The van der Waals surface area contributed by atoms with E-state index in [1.807, 2.05) is 0 Å². The van der Waals surface area contributed by atoms with Gasteiger partial charge in [0.1, 0.15) is 5.76 Å². The fraction of sp³-hybridized carbons (Fsp3) is 0.583. The lowest BCUT2D eigenvalue weighted by Crippen LogP contribution is -2.18. The summed E-state index contributed by atoms with van der Waals surface area (Å²) >= 11 is 0. The Balaban J connectivity index is 2.54. The van der Waals surface area contributed by atoms with Crippen LogP contribution >= 0.6 is 0 Å². The highest BCUT2D eigenvalue weighted by Gasteiger charge is 2.29. The summed E-state index contributed by atoms with van der Waals surface area (Å²) in [6.45, 7) is 6.33. The Morgan fingerprint density at radius 1 is 1.29 bits per heavy atom. The molecular formula is C12H16O2. The summed E-state index contributed by atoms with van der Waals surface area (Å²) in [4.78, 5) is 11.8. The lowest BCUT2D eigenvalue weighted by molar-refractivity contribution is 0.0967. The minimum atomic E-state index is 0.00405. The van der Waals surface area contributed by atoms with Crippen LogP contribution in [-0.4, -0.2) is 5.78 Å². The van der Waals surface area contributed by atoms with Crippen molar-refractivity contribution in [3.05, 3.63) is 23.2 Å². The van der Waals surface area contributed by atoms with E-state index in [1.54, 1.807) is 6.26 Å². The van der Waals surface area contributed by atoms with Crippen molar-refractivity contribution >= 4 is 5.78 Å². The number of aryl methyl sites for hydroxylation is 1. The van der Waals surface area contributed by atoms with E-state index in [4.69, 9.17) is 4.42 Å². The van der Waals surface area contributed by atoms with Gasteiger partial charge in [-0.1, -0.05) is 20.8 Å². The van der Waals surface area contributed by atoms with E-state index in [9.17, 15) is 4.79 Å². The van der Waals surface area contributed by atoms with Crippen molar-refractivity contribution in [1.29, 1.82) is 0 Å². The molecule has 2 rings (SSSR count). The van der Waals surface area contributed by atoms with Crippen molar-refractivity contribution in [3.8, 4) is 0 Å². The molecule has 2 heteroatoms. The third-order valence-electron chi connectivity index (χ3n) is 2.76. The zero-order valence-electron chi connectivity index (χ0n) is 9.02. The number of hydrogen-bond acceptors (Lipinski definition) is 2. The van der Waals surface area contributed by atoms with E-state index in [0.717, 1.165) is 29.7 Å². The zero-order chi connectivity index (χ0) is 10.3. The molecule has 0 spiro atoms. The van der Waals surface area contributed by atoms with Crippen molar-refractivity contribution < 1.29 is 9.21 Å². The van der Waals surface area contributed by atoms with E-state index >= 15 is 0 Å². The van der Waals surface area contributed by atoms with Gasteiger partial charge in [0.05, 0.1) is 11.8 Å². The standard InChI is InChI=1S/C12H16O2/c1-12(2,3)8-7-14-10-6-4-5-9(13)11(8)10/h7H,4-6H2,1-3H3. The van der Waals surface area contributed by atoms with Crippen molar-refractivity contribution in [2.45, 2.75) is 45.4 Å². The van der Waals surface area contributed by atoms with Crippen LogP contribution in [0.3, 0.4) is 0 Å². The Kier molecular flexibility index (Phi) is 2.02. The fourth-order valence-corrected chi connectivity index (χ4v) is 1.97. The van der Waals surface area contributed by atoms with E-state index in [2.05, 4.69) is 20.8 Å². The molecule has 0 fully saturated rings. The molecule has 2 nitrogen and oxygen atoms in total. The number of carbonyl (C=O) groups excluding carboxylic acids is 1. The van der Waals surface area contributed by atoms with E-state index in [0.29, 0.717) is 6.42 Å². The van der Waals surface area contributed by atoms with Crippen LogP contribution in [0, 0.1) is 0 Å². The minimum absolute atomic E-state index is 0.00405. The van der Waals surface area contributed by atoms with Gasteiger partial charge in [-0.25, -0.2) is 0 Å². The molecule has 0 unspecified atom stereocenters. The normalized spacial score (nSPS) is 16.9. The second kappa shape index (κ2) is 2.97. The predicted molar refractivity (Wildman–Crippen MR) is 54.7 cm³/mol. The number of carbonyl (C=O) groups is 1. The molecular weight excluding hydrogens is 176 g/mol. The molecule has 76 valence electrons. The molecule has 0 amide bonds. The Morgan fingerprint density at radius 2 is 2.00 bits per heavy atom. The second-order valence-corrected chi connectivity index (χ2v) is 4.97. The van der Waals surface area contributed by atoms with Gasteiger partial charge in [0.2, 0.25) is 0 Å². The molecule has 1 aliphatic rings. The Hall–Kier alpha value is -1.05. The first kappa shape index (κ1) is 9.50. The molecule has 14 heavy (non-hydrogen) atoms. The molecule has 1 aliphatic carbocycles. The third-order valence-corrected chi connectivity index (χ3v) is 2.76. The van der Waals surface area contributed by atoms with Crippen LogP contribution in [0.4, 0.5) is 0 Å². The molecule has 0 bridgehead atoms. The maximum Gasteiger partial charge on any atom is 0.166 e. The third kappa shape index (κ3) is 1.39. The molecule has 0 N–H and O–H groups in total. The minimum Gasteiger partial charge on any atom is -0.468 e. The van der Waals surface area contributed by atoms with Gasteiger partial charge in [-0.05, 0) is 11.8 Å². The first-order chi connectivity index (χ1) is 6.50. The lowest BCUT2D eigenvalue weighted by Gasteiger charge is -2.19. The maximum absolute atomic E-state index is 11.8. The Bertz CT molecular complexity index is 366. The molecule has 0 radical (unpaired) electrons. The van der Waals surface area contributed by atoms with Gasteiger partial charge in [-0.2, -0.15) is 0 Å². The number of hydrogen-bond donors (Lipinski definition) is 0. The quantitative estimate of drug-likeness (QED) is 0.632. The van der Waals surface area contributed by atoms with Crippen molar-refractivity contribution in [3.63, 3.8) is 0 Å². The number of ketones is 1. The number of furan rings is 1. The first-order valence-corrected chi connectivity index (χ1v) is 5.14. The first-order valence-electron chi connectivity index (χ1n) is 5.14. The molecule has 0 saturated heterocycles. The second-order valence-electron chi connectivity index (χ2n) is 4.97. The van der Waals surface area contributed by atoms with Crippen LogP contribution in [0.5, 0.6) is 0 Å². The summed E-state index contributed by atoms with van der Waals surface area (Å²) in [5.74, 6) is 1.15. The van der Waals surface area contributed by atoms with Crippen LogP contribution in [0.1, 0.15) is 55.3 Å². The zero-order valence-corrected chi connectivity index (χ0v) is 9.02. The van der Waals surface area contributed by atoms with E-state index in [-0.39, 0.29) is 11.2 Å². The molecule has 1 aromatic heterocycles. The summed E-state index contributed by atoms with van der Waals surface area (Å²) in [6.07, 6.45) is 4.28. The fourth-order valence-electron chi connectivity index (χ4n) is 1.97. The van der Waals surface area contributed by atoms with Gasteiger partial charge in [0, 0.05) is 18.4 Å². The summed E-state index contributed by atoms with van der Waals surface area (Å²) in [7, 11) is 0. The van der Waals surface area contributed by atoms with Crippen LogP contribution in [0.2, 0.25) is 0 Å². The molecule has 1 aromatic rings. The van der Waals surface area contributed by atoms with Gasteiger partial charge < -0.3 is 4.42 Å². The summed E-state index contributed by atoms with van der Waals surface area (Å²) < 4.78 is 5.46. The number of Topliss-reactive ketones (excluding diaryl/α,β-unsaturated/α-hetero) is 1. The molecule has 0 saturated carbocycles. The van der Waals surface area contributed by atoms with Gasteiger partial charge in [0.15, 0.2) is 5.78 Å². The SMILES string of the molecule is CC(C)(C)c1coc2c1C(=O)CCC2. The van der Waals surface area contributed by atoms with E-state index in [1.165, 1.54) is 0 Å². The Labute approximate surface area is 84.3 Å².